The fourth-order valence-corrected chi connectivity index (χ4v) is 3.29. The number of hydrogen-bond acceptors (Lipinski definition) is 3. The Balaban J connectivity index is 1.61. The Morgan fingerprint density at radius 2 is 2.00 bits per heavy atom. The summed E-state index contributed by atoms with van der Waals surface area (Å²) in [5.74, 6) is 0.626. The Morgan fingerprint density at radius 3 is 2.75 bits per heavy atom. The maximum Gasteiger partial charge on any atom is 0.227 e. The molecule has 0 bridgehead atoms. The number of rotatable bonds is 5. The van der Waals surface area contributed by atoms with Crippen molar-refractivity contribution in [3.05, 3.63) is 65.2 Å². The molecule has 0 unspecified atom stereocenters. The van der Waals surface area contributed by atoms with Crippen molar-refractivity contribution in [2.75, 3.05) is 13.7 Å². The van der Waals surface area contributed by atoms with E-state index in [1.807, 2.05) is 30.3 Å². The second-order valence-electron chi connectivity index (χ2n) is 6.18. The number of benzene rings is 2. The van der Waals surface area contributed by atoms with E-state index >= 15 is 0 Å². The van der Waals surface area contributed by atoms with Crippen LogP contribution < -0.4 is 10.1 Å². The molecule has 1 amide bonds. The normalized spacial score (nSPS) is 17.7. The van der Waals surface area contributed by atoms with E-state index in [2.05, 4.69) is 11.4 Å². The molecule has 126 valence electrons. The highest BCUT2D eigenvalue weighted by atomic mass is 16.5. The van der Waals surface area contributed by atoms with Crippen LogP contribution in [-0.2, 0) is 11.2 Å². The Bertz CT molecular complexity index is 696. The van der Waals surface area contributed by atoms with Gasteiger partial charge in [0, 0.05) is 6.54 Å². The van der Waals surface area contributed by atoms with Crippen LogP contribution in [0.3, 0.4) is 0 Å². The standard InChI is InChI=1S/C20H23NO3/c1-24-16-11-9-15(10-12-16)19(22)13-21-20(23)18-8-4-6-14-5-2-3-7-17(14)18/h2-3,5,7,9-12,18-19,22H,4,6,8,13H2,1H3,(H,21,23)/t18-,19+/m1/s1. The molecule has 2 atom stereocenters. The smallest absolute Gasteiger partial charge is 0.227 e. The first-order valence-corrected chi connectivity index (χ1v) is 8.36. The molecular formula is C20H23NO3. The Kier molecular flexibility index (Phi) is 5.16. The average Bonchev–Trinajstić information content (AvgIpc) is 2.65. The molecule has 1 aliphatic rings. The first-order chi connectivity index (χ1) is 11.7. The van der Waals surface area contributed by atoms with Crippen LogP contribution in [0.4, 0.5) is 0 Å². The summed E-state index contributed by atoms with van der Waals surface area (Å²) in [4.78, 5) is 12.6. The van der Waals surface area contributed by atoms with E-state index in [0.29, 0.717) is 0 Å². The monoisotopic (exact) mass is 325 g/mol. The molecule has 0 saturated heterocycles. The minimum absolute atomic E-state index is 0.00490. The van der Waals surface area contributed by atoms with Crippen LogP contribution in [0.5, 0.6) is 5.75 Å². The Labute approximate surface area is 142 Å². The summed E-state index contributed by atoms with van der Waals surface area (Å²) in [6.45, 7) is 0.212. The van der Waals surface area contributed by atoms with Crippen LogP contribution in [0.2, 0.25) is 0 Å². The lowest BCUT2D eigenvalue weighted by Gasteiger charge is -2.25. The van der Waals surface area contributed by atoms with Gasteiger partial charge in [-0.3, -0.25) is 4.79 Å². The van der Waals surface area contributed by atoms with Gasteiger partial charge in [0.1, 0.15) is 5.75 Å². The van der Waals surface area contributed by atoms with E-state index in [4.69, 9.17) is 4.74 Å². The fourth-order valence-electron chi connectivity index (χ4n) is 3.29. The topological polar surface area (TPSA) is 58.6 Å². The van der Waals surface area contributed by atoms with Crippen molar-refractivity contribution in [1.29, 1.82) is 0 Å². The first-order valence-electron chi connectivity index (χ1n) is 8.36. The van der Waals surface area contributed by atoms with Gasteiger partial charge in [-0.05, 0) is 48.1 Å². The van der Waals surface area contributed by atoms with Gasteiger partial charge in [0.2, 0.25) is 5.91 Å². The summed E-state index contributed by atoms with van der Waals surface area (Å²) >= 11 is 0. The Hall–Kier alpha value is -2.33. The molecule has 2 aromatic rings. The zero-order valence-corrected chi connectivity index (χ0v) is 13.9. The predicted octanol–water partition coefficient (Wildman–Crippen LogP) is 2.96. The summed E-state index contributed by atoms with van der Waals surface area (Å²) in [7, 11) is 1.60. The minimum atomic E-state index is -0.723. The lowest BCUT2D eigenvalue weighted by atomic mass is 9.82. The summed E-state index contributed by atoms with van der Waals surface area (Å²) < 4.78 is 5.11. The molecule has 0 saturated carbocycles. The van der Waals surface area contributed by atoms with Crippen molar-refractivity contribution >= 4 is 5.91 Å². The molecule has 4 nitrogen and oxygen atoms in total. The van der Waals surface area contributed by atoms with Crippen LogP contribution >= 0.6 is 0 Å². The Morgan fingerprint density at radius 1 is 1.25 bits per heavy atom. The minimum Gasteiger partial charge on any atom is -0.497 e. The fraction of sp³-hybridized carbons (Fsp3) is 0.350. The molecule has 0 aromatic heterocycles. The molecule has 24 heavy (non-hydrogen) atoms. The van der Waals surface area contributed by atoms with Crippen LogP contribution in [-0.4, -0.2) is 24.7 Å². The van der Waals surface area contributed by atoms with Gasteiger partial charge in [0.05, 0.1) is 19.1 Å². The highest BCUT2D eigenvalue weighted by molar-refractivity contribution is 5.84. The molecule has 4 heteroatoms. The zero-order valence-electron chi connectivity index (χ0n) is 13.9. The van der Waals surface area contributed by atoms with Gasteiger partial charge in [-0.1, -0.05) is 36.4 Å². The lowest BCUT2D eigenvalue weighted by Crippen LogP contribution is -2.34. The average molecular weight is 325 g/mol. The molecule has 2 aromatic carbocycles. The first kappa shape index (κ1) is 16.5. The molecule has 0 radical (unpaired) electrons. The largest absolute Gasteiger partial charge is 0.497 e. The van der Waals surface area contributed by atoms with E-state index in [1.54, 1.807) is 19.2 Å². The molecule has 2 N–H and O–H groups in total. The molecule has 0 aliphatic heterocycles. The lowest BCUT2D eigenvalue weighted by molar-refractivity contribution is -0.123. The molecule has 1 aliphatic carbocycles. The van der Waals surface area contributed by atoms with Crippen molar-refractivity contribution in [2.24, 2.45) is 0 Å². The van der Waals surface area contributed by atoms with Crippen molar-refractivity contribution in [3.8, 4) is 5.75 Å². The third-order valence-corrected chi connectivity index (χ3v) is 4.66. The van der Waals surface area contributed by atoms with Crippen molar-refractivity contribution in [2.45, 2.75) is 31.3 Å². The second kappa shape index (κ2) is 7.49. The van der Waals surface area contributed by atoms with Crippen molar-refractivity contribution in [3.63, 3.8) is 0 Å². The van der Waals surface area contributed by atoms with Crippen molar-refractivity contribution < 1.29 is 14.6 Å². The highest BCUT2D eigenvalue weighted by Crippen LogP contribution is 2.31. The van der Waals surface area contributed by atoms with E-state index in [0.717, 1.165) is 36.1 Å². The van der Waals surface area contributed by atoms with Gasteiger partial charge >= 0.3 is 0 Å². The van der Waals surface area contributed by atoms with Gasteiger partial charge in [-0.2, -0.15) is 0 Å². The number of aliphatic hydroxyl groups is 1. The molecule has 0 spiro atoms. The zero-order chi connectivity index (χ0) is 16.9. The van der Waals surface area contributed by atoms with Crippen LogP contribution in [0.1, 0.15) is 41.6 Å². The third kappa shape index (κ3) is 3.60. The quantitative estimate of drug-likeness (QED) is 0.888. The van der Waals surface area contributed by atoms with E-state index < -0.39 is 6.10 Å². The number of ether oxygens (including phenoxy) is 1. The summed E-state index contributed by atoms with van der Waals surface area (Å²) in [5, 5.41) is 13.2. The van der Waals surface area contributed by atoms with E-state index in [-0.39, 0.29) is 18.4 Å². The molecule has 3 rings (SSSR count). The molecule has 0 fully saturated rings. The highest BCUT2D eigenvalue weighted by Gasteiger charge is 2.26. The van der Waals surface area contributed by atoms with Gasteiger partial charge in [0.25, 0.3) is 0 Å². The number of hydrogen-bond donors (Lipinski definition) is 2. The SMILES string of the molecule is COc1ccc([C@@H](O)CNC(=O)[C@@H]2CCCc3ccccc32)cc1. The summed E-state index contributed by atoms with van der Waals surface area (Å²) in [6.07, 6.45) is 2.20. The number of amides is 1. The number of aliphatic hydroxyl groups excluding tert-OH is 1. The van der Waals surface area contributed by atoms with Crippen molar-refractivity contribution in [1.82, 2.24) is 5.32 Å². The summed E-state index contributed by atoms with van der Waals surface area (Å²) in [6, 6.07) is 15.4. The molecule has 0 heterocycles. The van der Waals surface area contributed by atoms with Crippen LogP contribution in [0.15, 0.2) is 48.5 Å². The van der Waals surface area contributed by atoms with Gasteiger partial charge in [-0.15, -0.1) is 0 Å². The number of aryl methyl sites for hydroxylation is 1. The van der Waals surface area contributed by atoms with Crippen LogP contribution in [0, 0.1) is 0 Å². The number of methoxy groups -OCH3 is 1. The number of carbonyl (C=O) groups excluding carboxylic acids is 1. The predicted molar refractivity (Wildman–Crippen MR) is 93.1 cm³/mol. The maximum absolute atomic E-state index is 12.6. The number of nitrogens with one attached hydrogen (secondary N) is 1. The molecular weight excluding hydrogens is 302 g/mol. The second-order valence-corrected chi connectivity index (χ2v) is 6.18. The van der Waals surface area contributed by atoms with Gasteiger partial charge in [-0.25, -0.2) is 0 Å². The van der Waals surface area contributed by atoms with Crippen LogP contribution in [0.25, 0.3) is 0 Å². The maximum atomic E-state index is 12.6. The summed E-state index contributed by atoms with van der Waals surface area (Å²) in [5.41, 5.74) is 3.15. The number of fused-ring (bicyclic) bond motifs is 1. The third-order valence-electron chi connectivity index (χ3n) is 4.66. The van der Waals surface area contributed by atoms with Gasteiger partial charge in [0.15, 0.2) is 0 Å². The van der Waals surface area contributed by atoms with E-state index in [1.165, 1.54) is 5.56 Å². The van der Waals surface area contributed by atoms with E-state index in [9.17, 15) is 9.90 Å². The van der Waals surface area contributed by atoms with Gasteiger partial charge < -0.3 is 15.2 Å². The number of carbonyl (C=O) groups is 1.